The molecule has 172 valence electrons. The Balaban J connectivity index is 1.39. The van der Waals surface area contributed by atoms with E-state index in [9.17, 15) is 13.5 Å². The minimum absolute atomic E-state index is 0.0228. The van der Waals surface area contributed by atoms with Crippen molar-refractivity contribution in [2.45, 2.75) is 29.1 Å². The van der Waals surface area contributed by atoms with Crippen molar-refractivity contribution in [3.63, 3.8) is 0 Å². The molecule has 5 rings (SSSR count). The Kier molecular flexibility index (Phi) is 5.76. The number of rotatable bonds is 4. The lowest BCUT2D eigenvalue weighted by molar-refractivity contribution is 0.171. The summed E-state index contributed by atoms with van der Waals surface area (Å²) in [5, 5.41) is 10.6. The molecular weight excluding hydrogens is 438 g/mol. The first-order valence-corrected chi connectivity index (χ1v) is 12.6. The van der Waals surface area contributed by atoms with Crippen LogP contribution in [0.3, 0.4) is 0 Å². The Morgan fingerprint density at radius 2 is 1.48 bits per heavy atom. The Bertz CT molecular complexity index is 1280. The Morgan fingerprint density at radius 3 is 2.21 bits per heavy atom. The lowest BCUT2D eigenvalue weighted by Gasteiger charge is -2.19. The van der Waals surface area contributed by atoms with Crippen LogP contribution in [0.25, 0.3) is 0 Å². The third-order valence-electron chi connectivity index (χ3n) is 6.34. The second kappa shape index (κ2) is 8.72. The summed E-state index contributed by atoms with van der Waals surface area (Å²) in [4.78, 5) is 2.37. The van der Waals surface area contributed by atoms with Gasteiger partial charge in [-0.15, -0.1) is 0 Å². The molecule has 0 unspecified atom stereocenters. The van der Waals surface area contributed by atoms with Crippen LogP contribution in [0.15, 0.2) is 64.4 Å². The quantitative estimate of drug-likeness (QED) is 0.634. The number of fused-ring (bicyclic) bond motifs is 2. The van der Waals surface area contributed by atoms with Crippen LogP contribution in [0.4, 0.5) is 0 Å². The van der Waals surface area contributed by atoms with Gasteiger partial charge in [0.25, 0.3) is 0 Å². The molecule has 0 aliphatic carbocycles. The van der Waals surface area contributed by atoms with Gasteiger partial charge >= 0.3 is 0 Å². The van der Waals surface area contributed by atoms with Crippen LogP contribution in [-0.4, -0.2) is 51.8 Å². The molecule has 0 aromatic heterocycles. The summed E-state index contributed by atoms with van der Waals surface area (Å²) in [5.41, 5.74) is 4.06. The molecule has 0 saturated heterocycles. The van der Waals surface area contributed by atoms with E-state index in [2.05, 4.69) is 11.9 Å². The highest BCUT2D eigenvalue weighted by Gasteiger charge is 2.24. The van der Waals surface area contributed by atoms with Crippen molar-refractivity contribution in [1.82, 2.24) is 4.90 Å². The highest BCUT2D eigenvalue weighted by Crippen LogP contribution is 2.34. The third-order valence-corrected chi connectivity index (χ3v) is 8.14. The molecule has 2 aliphatic heterocycles. The van der Waals surface area contributed by atoms with Crippen molar-refractivity contribution >= 4 is 9.84 Å². The van der Waals surface area contributed by atoms with E-state index in [0.29, 0.717) is 19.6 Å². The maximum Gasteiger partial charge on any atom is 0.210 e. The predicted octanol–water partition coefficient (Wildman–Crippen LogP) is 3.62. The molecule has 3 aromatic carbocycles. The van der Waals surface area contributed by atoms with Gasteiger partial charge in [0.15, 0.2) is 11.5 Å². The first-order valence-electron chi connectivity index (χ1n) is 11.2. The number of phenolic OH excluding ortho intramolecular Hbond substituents is 1. The number of likely N-dealkylation sites (N-methyl/N-ethyl adjacent to an activating group) is 1. The van der Waals surface area contributed by atoms with Gasteiger partial charge in [-0.1, -0.05) is 18.2 Å². The highest BCUT2D eigenvalue weighted by atomic mass is 32.2. The molecule has 1 N–H and O–H groups in total. The summed E-state index contributed by atoms with van der Waals surface area (Å²) in [7, 11) is -1.78. The van der Waals surface area contributed by atoms with Crippen LogP contribution in [0.1, 0.15) is 22.3 Å². The fourth-order valence-corrected chi connectivity index (χ4v) is 5.80. The summed E-state index contributed by atoms with van der Waals surface area (Å²) in [6.07, 6.45) is 2.21. The van der Waals surface area contributed by atoms with Gasteiger partial charge in [-0.3, -0.25) is 0 Å². The number of phenols is 1. The third kappa shape index (κ3) is 4.43. The molecule has 33 heavy (non-hydrogen) atoms. The van der Waals surface area contributed by atoms with E-state index < -0.39 is 9.84 Å². The van der Waals surface area contributed by atoms with Gasteiger partial charge in [-0.05, 0) is 85.0 Å². The van der Waals surface area contributed by atoms with Gasteiger partial charge in [0.1, 0.15) is 23.9 Å². The number of nitrogens with zero attached hydrogens (tertiary/aromatic N) is 1. The van der Waals surface area contributed by atoms with Crippen molar-refractivity contribution < 1.29 is 23.0 Å². The van der Waals surface area contributed by atoms with E-state index in [-0.39, 0.29) is 15.5 Å². The minimum Gasteiger partial charge on any atom is -0.507 e. The predicted molar refractivity (Wildman–Crippen MR) is 125 cm³/mol. The summed E-state index contributed by atoms with van der Waals surface area (Å²) in [6.45, 7) is 2.85. The van der Waals surface area contributed by atoms with E-state index in [0.717, 1.165) is 59.7 Å². The molecule has 0 bridgehead atoms. The average Bonchev–Trinajstić information content (AvgIpc) is 3.00. The Hall–Kier alpha value is -3.03. The molecule has 0 radical (unpaired) electrons. The van der Waals surface area contributed by atoms with Crippen LogP contribution < -0.4 is 9.47 Å². The molecule has 7 heteroatoms. The zero-order valence-electron chi connectivity index (χ0n) is 18.6. The number of aromatic hydroxyl groups is 1. The second-order valence-electron chi connectivity index (χ2n) is 8.69. The van der Waals surface area contributed by atoms with Crippen molar-refractivity contribution in [3.8, 4) is 17.2 Å². The van der Waals surface area contributed by atoms with Crippen molar-refractivity contribution in [2.75, 3.05) is 33.4 Å². The Labute approximate surface area is 194 Å². The SMILES string of the molecule is CN1CCc2cc(O)c(S(=O)(=O)c3ccc(Cc4ccc5c(c4)OCCO5)cc3)cc2CC1. The molecule has 2 aliphatic rings. The number of hydrogen-bond donors (Lipinski definition) is 1. The fraction of sp³-hybridized carbons (Fsp3) is 0.308. The van der Waals surface area contributed by atoms with Crippen LogP contribution in [0.5, 0.6) is 17.2 Å². The molecule has 0 saturated carbocycles. The first-order chi connectivity index (χ1) is 15.9. The van der Waals surface area contributed by atoms with E-state index in [1.165, 1.54) is 0 Å². The van der Waals surface area contributed by atoms with E-state index in [1.807, 2.05) is 30.3 Å². The van der Waals surface area contributed by atoms with E-state index in [1.54, 1.807) is 24.3 Å². The zero-order valence-corrected chi connectivity index (χ0v) is 19.4. The van der Waals surface area contributed by atoms with Gasteiger partial charge in [0.2, 0.25) is 9.84 Å². The van der Waals surface area contributed by atoms with Gasteiger partial charge in [0, 0.05) is 13.1 Å². The average molecular weight is 466 g/mol. The normalized spacial score (nSPS) is 16.2. The maximum absolute atomic E-state index is 13.3. The van der Waals surface area contributed by atoms with Gasteiger partial charge < -0.3 is 19.5 Å². The second-order valence-corrected chi connectivity index (χ2v) is 10.6. The van der Waals surface area contributed by atoms with E-state index >= 15 is 0 Å². The van der Waals surface area contributed by atoms with Crippen molar-refractivity contribution in [1.29, 1.82) is 0 Å². The first kappa shape index (κ1) is 21.8. The monoisotopic (exact) mass is 465 g/mol. The molecular formula is C26H27NO5S. The lowest BCUT2D eigenvalue weighted by atomic mass is 10.0. The summed E-state index contributed by atoms with van der Waals surface area (Å²) < 4.78 is 37.9. The van der Waals surface area contributed by atoms with Gasteiger partial charge in [-0.25, -0.2) is 8.42 Å². The minimum atomic E-state index is -3.83. The molecule has 0 atom stereocenters. The standard InChI is InChI=1S/C26H27NO5S/c1-27-10-8-20-16-23(28)26(17-21(20)9-11-27)33(29,30)22-5-2-18(3-6-22)14-19-4-7-24-25(15-19)32-13-12-31-24/h2-7,15-17,28H,8-14H2,1H3. The molecule has 0 fully saturated rings. The van der Waals surface area contributed by atoms with Crippen LogP contribution in [0.2, 0.25) is 0 Å². The summed E-state index contributed by atoms with van der Waals surface area (Å²) in [6, 6.07) is 16.0. The number of sulfone groups is 1. The van der Waals surface area contributed by atoms with E-state index in [4.69, 9.17) is 9.47 Å². The Morgan fingerprint density at radius 1 is 0.848 bits per heavy atom. The summed E-state index contributed by atoms with van der Waals surface area (Å²) in [5.74, 6) is 1.31. The molecule has 6 nitrogen and oxygen atoms in total. The van der Waals surface area contributed by atoms with Crippen LogP contribution >= 0.6 is 0 Å². The topological polar surface area (TPSA) is 76.1 Å². The largest absolute Gasteiger partial charge is 0.507 e. The highest BCUT2D eigenvalue weighted by molar-refractivity contribution is 7.91. The smallest absolute Gasteiger partial charge is 0.210 e. The lowest BCUT2D eigenvalue weighted by Crippen LogP contribution is -2.20. The number of hydrogen-bond acceptors (Lipinski definition) is 6. The van der Waals surface area contributed by atoms with Gasteiger partial charge in [0.05, 0.1) is 4.90 Å². The van der Waals surface area contributed by atoms with Gasteiger partial charge in [-0.2, -0.15) is 0 Å². The summed E-state index contributed by atoms with van der Waals surface area (Å²) >= 11 is 0. The van der Waals surface area contributed by atoms with Crippen molar-refractivity contribution in [2.24, 2.45) is 0 Å². The van der Waals surface area contributed by atoms with Crippen LogP contribution in [0, 0.1) is 0 Å². The number of benzene rings is 3. The molecule has 0 amide bonds. The van der Waals surface area contributed by atoms with Crippen LogP contribution in [-0.2, 0) is 29.1 Å². The molecule has 3 aromatic rings. The number of ether oxygens (including phenoxy) is 2. The zero-order chi connectivity index (χ0) is 23.0. The van der Waals surface area contributed by atoms with Crippen molar-refractivity contribution in [3.05, 3.63) is 76.9 Å². The molecule has 0 spiro atoms. The maximum atomic E-state index is 13.3. The fourth-order valence-electron chi connectivity index (χ4n) is 4.42. The molecule has 2 heterocycles.